The maximum Gasteiger partial charge on any atom is 0.191 e. The Morgan fingerprint density at radius 2 is 2.04 bits per heavy atom. The van der Waals surface area contributed by atoms with Gasteiger partial charge in [-0.05, 0) is 30.0 Å². The average Bonchev–Trinajstić information content (AvgIpc) is 3.31. The van der Waals surface area contributed by atoms with E-state index < -0.39 is 0 Å². The van der Waals surface area contributed by atoms with Crippen LogP contribution in [0.25, 0.3) is 0 Å². The number of rotatable bonds is 5. The molecule has 2 N–H and O–H groups in total. The largest absolute Gasteiger partial charge is 0.369 e. The highest BCUT2D eigenvalue weighted by molar-refractivity contribution is 7.10. The molecule has 134 valence electrons. The van der Waals surface area contributed by atoms with Crippen LogP contribution >= 0.6 is 11.3 Å². The van der Waals surface area contributed by atoms with E-state index >= 15 is 0 Å². The first-order valence-corrected chi connectivity index (χ1v) is 9.77. The smallest absolute Gasteiger partial charge is 0.191 e. The van der Waals surface area contributed by atoms with Gasteiger partial charge < -0.3 is 15.5 Å². The van der Waals surface area contributed by atoms with E-state index in [1.807, 2.05) is 18.4 Å². The zero-order valence-electron chi connectivity index (χ0n) is 15.3. The van der Waals surface area contributed by atoms with Crippen molar-refractivity contribution in [1.29, 1.82) is 0 Å². The highest BCUT2D eigenvalue weighted by Crippen LogP contribution is 2.26. The van der Waals surface area contributed by atoms with E-state index in [1.165, 1.54) is 10.6 Å². The van der Waals surface area contributed by atoms with Crippen molar-refractivity contribution in [3.63, 3.8) is 0 Å². The zero-order valence-corrected chi connectivity index (χ0v) is 16.1. The molecule has 2 aromatic rings. The monoisotopic (exact) mass is 356 g/mol. The third-order valence-corrected chi connectivity index (χ3v) is 6.00. The normalized spacial score (nSPS) is 18.4. The number of guanidine groups is 1. The molecule has 0 bridgehead atoms. The fourth-order valence-electron chi connectivity index (χ4n) is 3.19. The zero-order chi connectivity index (χ0) is 17.7. The van der Waals surface area contributed by atoms with Crippen molar-refractivity contribution < 1.29 is 0 Å². The van der Waals surface area contributed by atoms with E-state index in [4.69, 9.17) is 0 Å². The van der Waals surface area contributed by atoms with Gasteiger partial charge in [0.05, 0.1) is 0 Å². The fourth-order valence-corrected chi connectivity index (χ4v) is 4.05. The van der Waals surface area contributed by atoms with Gasteiger partial charge in [0.25, 0.3) is 0 Å². The molecule has 1 fully saturated rings. The van der Waals surface area contributed by atoms with E-state index in [9.17, 15) is 0 Å². The lowest BCUT2D eigenvalue weighted by Crippen LogP contribution is -2.47. The number of nitrogens with one attached hydrogen (secondary N) is 2. The van der Waals surface area contributed by atoms with E-state index in [-0.39, 0.29) is 5.41 Å². The minimum atomic E-state index is 0.0948. The Bertz CT molecular complexity index is 679. The lowest BCUT2D eigenvalue weighted by atomic mass is 9.91. The number of nitrogens with zero attached hydrogens (tertiary/aromatic N) is 2. The molecule has 25 heavy (non-hydrogen) atoms. The Balaban J connectivity index is 1.52. The van der Waals surface area contributed by atoms with E-state index in [2.05, 4.69) is 82.2 Å². The van der Waals surface area contributed by atoms with Gasteiger partial charge in [-0.3, -0.25) is 4.99 Å². The molecule has 0 aliphatic carbocycles. The van der Waals surface area contributed by atoms with Crippen LogP contribution in [-0.4, -0.2) is 38.7 Å². The predicted octanol–water partition coefficient (Wildman–Crippen LogP) is 3.47. The first kappa shape index (κ1) is 17.8. The minimum absolute atomic E-state index is 0.0948. The summed E-state index contributed by atoms with van der Waals surface area (Å²) in [6.45, 7) is 7.50. The quantitative estimate of drug-likeness (QED) is 0.636. The lowest BCUT2D eigenvalue weighted by Gasteiger charge is -2.26. The Morgan fingerprint density at radius 3 is 2.72 bits per heavy atom. The van der Waals surface area contributed by atoms with Gasteiger partial charge in [0, 0.05) is 48.7 Å². The topological polar surface area (TPSA) is 39.7 Å². The number of hydrogen-bond acceptors (Lipinski definition) is 3. The standard InChI is InChI=1S/C20H28N4S/c1-20(2,18-10-7-13-25-18)15-22-19(21-3)23-16-11-12-24(14-16)17-8-5-4-6-9-17/h4-10,13,16H,11-12,14-15H2,1-3H3,(H2,21,22,23). The van der Waals surface area contributed by atoms with Gasteiger partial charge in [-0.1, -0.05) is 38.1 Å². The molecule has 1 saturated heterocycles. The van der Waals surface area contributed by atoms with Crippen LogP contribution in [0.3, 0.4) is 0 Å². The molecule has 1 aromatic carbocycles. The molecule has 0 amide bonds. The molecule has 2 heterocycles. The van der Waals surface area contributed by atoms with Crippen LogP contribution in [0.4, 0.5) is 5.69 Å². The number of benzene rings is 1. The van der Waals surface area contributed by atoms with Crippen molar-refractivity contribution in [3.05, 3.63) is 52.7 Å². The Labute approximate surface area is 155 Å². The van der Waals surface area contributed by atoms with Crippen molar-refractivity contribution in [2.24, 2.45) is 4.99 Å². The van der Waals surface area contributed by atoms with Crippen LogP contribution in [0.1, 0.15) is 25.1 Å². The van der Waals surface area contributed by atoms with Crippen molar-refractivity contribution in [3.8, 4) is 0 Å². The van der Waals surface area contributed by atoms with Crippen LogP contribution < -0.4 is 15.5 Å². The summed E-state index contributed by atoms with van der Waals surface area (Å²) in [4.78, 5) is 8.24. The summed E-state index contributed by atoms with van der Waals surface area (Å²) in [6, 6.07) is 15.4. The summed E-state index contributed by atoms with van der Waals surface area (Å²) in [7, 11) is 1.84. The summed E-state index contributed by atoms with van der Waals surface area (Å²) in [6.07, 6.45) is 1.13. The number of hydrogen-bond donors (Lipinski definition) is 2. The Hall–Kier alpha value is -2.01. The molecular formula is C20H28N4S. The molecule has 1 aliphatic rings. The summed E-state index contributed by atoms with van der Waals surface area (Å²) in [5.74, 6) is 0.893. The van der Waals surface area contributed by atoms with Crippen LogP contribution in [0.2, 0.25) is 0 Å². The van der Waals surface area contributed by atoms with Gasteiger partial charge in [0.2, 0.25) is 0 Å². The second-order valence-corrected chi connectivity index (χ2v) is 8.15. The predicted molar refractivity (Wildman–Crippen MR) is 109 cm³/mol. The van der Waals surface area contributed by atoms with E-state index in [0.29, 0.717) is 6.04 Å². The molecule has 4 nitrogen and oxygen atoms in total. The highest BCUT2D eigenvalue weighted by atomic mass is 32.1. The third kappa shape index (κ3) is 4.54. The molecule has 1 aromatic heterocycles. The third-order valence-electron chi connectivity index (χ3n) is 4.76. The minimum Gasteiger partial charge on any atom is -0.369 e. The Kier molecular flexibility index (Phi) is 5.63. The molecule has 0 radical (unpaired) electrons. The van der Waals surface area contributed by atoms with Gasteiger partial charge in [-0.15, -0.1) is 11.3 Å². The van der Waals surface area contributed by atoms with Crippen LogP contribution in [0.5, 0.6) is 0 Å². The molecule has 0 spiro atoms. The van der Waals surface area contributed by atoms with Gasteiger partial charge in [0.1, 0.15) is 0 Å². The molecule has 1 atom stereocenters. The fraction of sp³-hybridized carbons (Fsp3) is 0.450. The summed E-state index contributed by atoms with van der Waals surface area (Å²) in [5.41, 5.74) is 1.39. The number of aliphatic imine (C=N–C) groups is 1. The van der Waals surface area contributed by atoms with Crippen LogP contribution in [0, 0.1) is 0 Å². The van der Waals surface area contributed by atoms with E-state index in [0.717, 1.165) is 32.0 Å². The van der Waals surface area contributed by atoms with Crippen molar-refractivity contribution >= 4 is 23.0 Å². The van der Waals surface area contributed by atoms with E-state index in [1.54, 1.807) is 0 Å². The van der Waals surface area contributed by atoms with Gasteiger partial charge in [-0.25, -0.2) is 0 Å². The molecule has 3 rings (SSSR count). The summed E-state index contributed by atoms with van der Waals surface area (Å²) < 4.78 is 0. The van der Waals surface area contributed by atoms with Crippen LogP contribution in [0.15, 0.2) is 52.8 Å². The van der Waals surface area contributed by atoms with Crippen molar-refractivity contribution in [1.82, 2.24) is 10.6 Å². The second-order valence-electron chi connectivity index (χ2n) is 7.20. The number of anilines is 1. The lowest BCUT2D eigenvalue weighted by molar-refractivity contribution is 0.514. The van der Waals surface area contributed by atoms with Gasteiger partial charge in [0.15, 0.2) is 5.96 Å². The maximum absolute atomic E-state index is 4.41. The van der Waals surface area contributed by atoms with Crippen LogP contribution in [-0.2, 0) is 5.41 Å². The SMILES string of the molecule is CN=C(NCC(C)(C)c1cccs1)NC1CCN(c2ccccc2)C1. The highest BCUT2D eigenvalue weighted by Gasteiger charge is 2.25. The molecule has 1 aliphatic heterocycles. The maximum atomic E-state index is 4.41. The first-order valence-electron chi connectivity index (χ1n) is 8.90. The Morgan fingerprint density at radius 1 is 1.24 bits per heavy atom. The summed E-state index contributed by atoms with van der Waals surface area (Å²) >= 11 is 1.81. The molecular weight excluding hydrogens is 328 g/mol. The number of para-hydroxylation sites is 1. The average molecular weight is 357 g/mol. The molecule has 0 saturated carbocycles. The van der Waals surface area contributed by atoms with Crippen molar-refractivity contribution in [2.45, 2.75) is 31.7 Å². The van der Waals surface area contributed by atoms with Gasteiger partial charge >= 0.3 is 0 Å². The first-order chi connectivity index (χ1) is 12.1. The molecule has 1 unspecified atom stereocenters. The second kappa shape index (κ2) is 7.91. The van der Waals surface area contributed by atoms with Crippen molar-refractivity contribution in [2.75, 3.05) is 31.6 Å². The number of thiophene rings is 1. The summed E-state index contributed by atoms with van der Waals surface area (Å²) in [5, 5.41) is 9.23. The molecule has 5 heteroatoms. The van der Waals surface area contributed by atoms with Gasteiger partial charge in [-0.2, -0.15) is 0 Å².